The minimum absolute atomic E-state index is 0.0284. The molecule has 6 heteroatoms. The van der Waals surface area contributed by atoms with Gasteiger partial charge in [-0.05, 0) is 78.3 Å². The molecule has 1 atom stereocenters. The number of carbonyl (C=O) groups excluding carboxylic acids is 1. The Kier molecular flexibility index (Phi) is 8.46. The van der Waals surface area contributed by atoms with Gasteiger partial charge in [0, 0.05) is 30.1 Å². The second-order valence-corrected chi connectivity index (χ2v) is 9.74. The molecule has 1 aliphatic carbocycles. The highest BCUT2D eigenvalue weighted by atomic mass is 32.1. The van der Waals surface area contributed by atoms with Gasteiger partial charge in [0.1, 0.15) is 5.75 Å². The Balaban J connectivity index is 1.50. The Morgan fingerprint density at radius 3 is 2.49 bits per heavy atom. The summed E-state index contributed by atoms with van der Waals surface area (Å²) in [6, 6.07) is 17.2. The summed E-state index contributed by atoms with van der Waals surface area (Å²) >= 11 is 1.64. The van der Waals surface area contributed by atoms with Gasteiger partial charge in [0.15, 0.2) is 0 Å². The fourth-order valence-corrected chi connectivity index (χ4v) is 5.17. The van der Waals surface area contributed by atoms with E-state index >= 15 is 0 Å². The van der Waals surface area contributed by atoms with Gasteiger partial charge in [0.2, 0.25) is 0 Å². The van der Waals surface area contributed by atoms with Gasteiger partial charge in [-0.25, -0.2) is 0 Å². The lowest BCUT2D eigenvalue weighted by molar-refractivity contribution is -0.137. The van der Waals surface area contributed by atoms with Crippen LogP contribution in [0.15, 0.2) is 65.4 Å². The Labute approximate surface area is 212 Å². The van der Waals surface area contributed by atoms with Crippen molar-refractivity contribution in [3.8, 4) is 16.9 Å². The standard InChI is InChI=1S/C29H33NO4S/c31-28(32)12-2-1-7-18-34-27-11-6-3-8-24(27)20-30(26-9-4-5-10-26)29(33)23-15-13-22(14-16-23)25-17-19-35-21-25/h3,6,8,11,13-17,19,21,26H,1-2,4-5,7,9-10,12,18,20H2,(H,31,32)/i20D. The Morgan fingerprint density at radius 1 is 1.00 bits per heavy atom. The van der Waals surface area contributed by atoms with E-state index in [1.54, 1.807) is 16.2 Å². The third-order valence-electron chi connectivity index (χ3n) is 6.43. The molecule has 0 bridgehead atoms. The van der Waals surface area contributed by atoms with Crippen molar-refractivity contribution in [2.45, 2.75) is 63.9 Å². The number of carboxylic acids is 1. The predicted octanol–water partition coefficient (Wildman–Crippen LogP) is 7.02. The van der Waals surface area contributed by atoms with Crippen LogP contribution in [0.2, 0.25) is 0 Å². The smallest absolute Gasteiger partial charge is 0.303 e. The first-order chi connectivity index (χ1) is 17.5. The number of hydrogen-bond acceptors (Lipinski definition) is 4. The maximum Gasteiger partial charge on any atom is 0.303 e. The van der Waals surface area contributed by atoms with Crippen LogP contribution < -0.4 is 4.74 Å². The number of nitrogens with zero attached hydrogens (tertiary/aromatic N) is 1. The summed E-state index contributed by atoms with van der Waals surface area (Å²) < 4.78 is 15.2. The molecule has 0 radical (unpaired) electrons. The van der Waals surface area contributed by atoms with Crippen LogP contribution in [-0.2, 0) is 11.3 Å². The van der Waals surface area contributed by atoms with Crippen LogP contribution in [0, 0.1) is 0 Å². The quantitative estimate of drug-likeness (QED) is 0.276. The van der Waals surface area contributed by atoms with E-state index in [0.29, 0.717) is 29.9 Å². The minimum Gasteiger partial charge on any atom is -0.493 e. The Bertz CT molecular complexity index is 1130. The fourth-order valence-electron chi connectivity index (χ4n) is 4.50. The summed E-state index contributed by atoms with van der Waals surface area (Å²) in [6.45, 7) is -0.425. The summed E-state index contributed by atoms with van der Waals surface area (Å²) in [5.74, 6) is -0.294. The van der Waals surface area contributed by atoms with Gasteiger partial charge in [-0.3, -0.25) is 9.59 Å². The summed E-state index contributed by atoms with van der Waals surface area (Å²) in [7, 11) is 0. The molecule has 35 heavy (non-hydrogen) atoms. The number of aliphatic carboxylic acids is 1. The van der Waals surface area contributed by atoms with E-state index in [-0.39, 0.29) is 18.4 Å². The number of carboxylic acid groups (broad SMARTS) is 1. The highest BCUT2D eigenvalue weighted by molar-refractivity contribution is 7.08. The van der Waals surface area contributed by atoms with Crippen molar-refractivity contribution in [3.63, 3.8) is 0 Å². The number of hydrogen-bond donors (Lipinski definition) is 1. The zero-order valence-electron chi connectivity index (χ0n) is 20.9. The van der Waals surface area contributed by atoms with Crippen molar-refractivity contribution in [1.29, 1.82) is 0 Å². The van der Waals surface area contributed by atoms with E-state index in [9.17, 15) is 9.59 Å². The number of thiophene rings is 1. The number of unbranched alkanes of at least 4 members (excludes halogenated alkanes) is 2. The van der Waals surface area contributed by atoms with Crippen LogP contribution in [-0.4, -0.2) is 34.5 Å². The predicted molar refractivity (Wildman–Crippen MR) is 140 cm³/mol. The molecule has 1 amide bonds. The van der Waals surface area contributed by atoms with Crippen LogP contribution in [0.5, 0.6) is 5.75 Å². The van der Waals surface area contributed by atoms with E-state index in [4.69, 9.17) is 11.2 Å². The van der Waals surface area contributed by atoms with Gasteiger partial charge in [-0.2, -0.15) is 11.3 Å². The Morgan fingerprint density at radius 2 is 1.77 bits per heavy atom. The average molecular weight is 493 g/mol. The number of amides is 1. The average Bonchev–Trinajstić information content (AvgIpc) is 3.61. The molecule has 1 N–H and O–H groups in total. The van der Waals surface area contributed by atoms with Crippen LogP contribution >= 0.6 is 11.3 Å². The number of carbonyl (C=O) groups is 2. The van der Waals surface area contributed by atoms with E-state index in [2.05, 4.69) is 11.4 Å². The van der Waals surface area contributed by atoms with E-state index < -0.39 is 12.5 Å². The van der Waals surface area contributed by atoms with Gasteiger partial charge < -0.3 is 14.7 Å². The second kappa shape index (κ2) is 12.5. The number of rotatable bonds is 12. The van der Waals surface area contributed by atoms with E-state index in [1.165, 1.54) is 0 Å². The van der Waals surface area contributed by atoms with Crippen LogP contribution in [0.4, 0.5) is 0 Å². The summed E-state index contributed by atoms with van der Waals surface area (Å²) in [4.78, 5) is 26.2. The normalized spacial score (nSPS) is 14.9. The molecule has 1 aromatic heterocycles. The van der Waals surface area contributed by atoms with Crippen molar-refractivity contribution in [2.75, 3.05) is 6.61 Å². The monoisotopic (exact) mass is 492 g/mol. The molecule has 1 saturated carbocycles. The molecule has 2 aromatic carbocycles. The second-order valence-electron chi connectivity index (χ2n) is 8.96. The topological polar surface area (TPSA) is 66.8 Å². The van der Waals surface area contributed by atoms with Gasteiger partial charge >= 0.3 is 5.97 Å². The molecule has 0 spiro atoms. The first kappa shape index (κ1) is 23.6. The van der Waals surface area contributed by atoms with E-state index in [1.807, 2.05) is 53.9 Å². The van der Waals surface area contributed by atoms with Gasteiger partial charge in [-0.15, -0.1) is 0 Å². The van der Waals surface area contributed by atoms with Crippen molar-refractivity contribution in [2.24, 2.45) is 0 Å². The Hall–Kier alpha value is -3.12. The molecular weight excluding hydrogens is 458 g/mol. The molecule has 1 fully saturated rings. The van der Waals surface area contributed by atoms with Crippen molar-refractivity contribution < 1.29 is 20.8 Å². The number of benzene rings is 2. The molecule has 1 heterocycles. The third kappa shape index (κ3) is 6.95. The fraction of sp³-hybridized carbons (Fsp3) is 0.379. The van der Waals surface area contributed by atoms with Gasteiger partial charge in [0.25, 0.3) is 5.91 Å². The lowest BCUT2D eigenvalue weighted by atomic mass is 10.0. The SMILES string of the molecule is [2H]C(c1ccccc1OCCCCCC(=O)O)N(C(=O)c1ccc(-c2ccsc2)cc1)C1CCCC1. The first-order valence-electron chi connectivity index (χ1n) is 12.9. The van der Waals surface area contributed by atoms with Crippen molar-refractivity contribution in [1.82, 2.24) is 4.90 Å². The van der Waals surface area contributed by atoms with Crippen molar-refractivity contribution in [3.05, 3.63) is 76.5 Å². The van der Waals surface area contributed by atoms with Crippen LogP contribution in [0.1, 0.15) is 68.7 Å². The zero-order chi connectivity index (χ0) is 25.3. The molecule has 1 unspecified atom stereocenters. The minimum atomic E-state index is -0.875. The third-order valence-corrected chi connectivity index (χ3v) is 7.11. The summed E-state index contributed by atoms with van der Waals surface area (Å²) in [5.41, 5.74) is 3.48. The first-order valence-corrected chi connectivity index (χ1v) is 13.3. The molecule has 1 aliphatic rings. The van der Waals surface area contributed by atoms with Crippen LogP contribution in [0.25, 0.3) is 11.1 Å². The molecule has 0 aliphatic heterocycles. The highest BCUT2D eigenvalue weighted by Crippen LogP contribution is 2.30. The molecule has 5 nitrogen and oxygen atoms in total. The van der Waals surface area contributed by atoms with Crippen molar-refractivity contribution >= 4 is 23.2 Å². The van der Waals surface area contributed by atoms with Gasteiger partial charge in [-0.1, -0.05) is 43.2 Å². The van der Waals surface area contributed by atoms with Crippen LogP contribution in [0.3, 0.4) is 0 Å². The lowest BCUT2D eigenvalue weighted by Gasteiger charge is -2.30. The summed E-state index contributed by atoms with van der Waals surface area (Å²) in [5, 5.41) is 12.9. The molecule has 184 valence electrons. The van der Waals surface area contributed by atoms with E-state index in [0.717, 1.165) is 49.7 Å². The lowest BCUT2D eigenvalue weighted by Crippen LogP contribution is -2.38. The molecular formula is C29H33NO4S. The van der Waals surface area contributed by atoms with Gasteiger partial charge in [0.05, 0.1) is 7.98 Å². The maximum absolute atomic E-state index is 13.8. The molecule has 3 aromatic rings. The number of para-hydroxylation sites is 1. The maximum atomic E-state index is 13.8. The number of ether oxygens (including phenoxy) is 1. The molecule has 4 rings (SSSR count). The highest BCUT2D eigenvalue weighted by Gasteiger charge is 2.28. The zero-order valence-corrected chi connectivity index (χ0v) is 20.7. The largest absolute Gasteiger partial charge is 0.493 e. The summed E-state index contributed by atoms with van der Waals surface area (Å²) in [6.07, 6.45) is 6.23. The molecule has 0 saturated heterocycles.